The molecule has 1 heterocycles. The number of hydrogen-bond acceptors (Lipinski definition) is 4. The molecule has 4 aromatic rings. The van der Waals surface area contributed by atoms with Crippen LogP contribution in [0.3, 0.4) is 0 Å². The first-order valence-electron chi connectivity index (χ1n) is 9.87. The Labute approximate surface area is 174 Å². The van der Waals surface area contributed by atoms with Crippen molar-refractivity contribution in [1.29, 1.82) is 0 Å². The quantitative estimate of drug-likeness (QED) is 0.516. The van der Waals surface area contributed by atoms with Crippen LogP contribution >= 0.6 is 0 Å². The van der Waals surface area contributed by atoms with E-state index in [-0.39, 0.29) is 24.4 Å². The zero-order valence-corrected chi connectivity index (χ0v) is 16.8. The number of carbonyl (C=O) groups excluding carboxylic acids is 1. The smallest absolute Gasteiger partial charge is 0.258 e. The normalized spacial score (nSPS) is 11.1. The number of amides is 1. The Balaban J connectivity index is 1.60. The van der Waals surface area contributed by atoms with Crippen LogP contribution in [0.15, 0.2) is 71.5 Å². The Morgan fingerprint density at radius 2 is 1.73 bits per heavy atom. The molecule has 152 valence electrons. The number of ether oxygens (including phenoxy) is 1. The average molecular weight is 401 g/mol. The molecule has 0 saturated carbocycles. The second-order valence-corrected chi connectivity index (χ2v) is 7.15. The van der Waals surface area contributed by atoms with Gasteiger partial charge >= 0.3 is 0 Å². The predicted octanol–water partition coefficient (Wildman–Crippen LogP) is 3.29. The molecule has 1 aromatic heterocycles. The van der Waals surface area contributed by atoms with E-state index < -0.39 is 0 Å². The molecule has 0 radical (unpaired) electrons. The lowest BCUT2D eigenvalue weighted by Crippen LogP contribution is -2.35. The zero-order chi connectivity index (χ0) is 20.9. The van der Waals surface area contributed by atoms with Crippen molar-refractivity contribution in [1.82, 2.24) is 14.9 Å². The number of para-hydroxylation sites is 1. The number of fused-ring (bicyclic) bond motifs is 2. The molecule has 0 aliphatic heterocycles. The standard InChI is InChI=1S/C24H23N3O3/c1-30-14-13-27(16-22-25-21-12-5-4-11-20(21)24(29)26-22)23(28)15-18-9-6-8-17-7-2-3-10-19(17)18/h2-12H,13-16H2,1H3,(H,25,26,29). The first kappa shape index (κ1) is 19.8. The number of aromatic amines is 1. The van der Waals surface area contributed by atoms with Crippen molar-refractivity contribution in [2.75, 3.05) is 20.3 Å². The number of methoxy groups -OCH3 is 1. The van der Waals surface area contributed by atoms with Crippen molar-refractivity contribution in [3.05, 3.63) is 88.5 Å². The number of nitrogens with zero attached hydrogens (tertiary/aromatic N) is 2. The number of aromatic nitrogens is 2. The van der Waals surface area contributed by atoms with Crippen LogP contribution in [-0.2, 0) is 22.5 Å². The summed E-state index contributed by atoms with van der Waals surface area (Å²) >= 11 is 0. The highest BCUT2D eigenvalue weighted by Crippen LogP contribution is 2.20. The molecule has 0 aliphatic carbocycles. The van der Waals surface area contributed by atoms with Crippen molar-refractivity contribution >= 4 is 27.6 Å². The van der Waals surface area contributed by atoms with E-state index in [2.05, 4.69) is 9.97 Å². The molecule has 4 rings (SSSR count). The van der Waals surface area contributed by atoms with Crippen LogP contribution in [0, 0.1) is 0 Å². The summed E-state index contributed by atoms with van der Waals surface area (Å²) in [6, 6.07) is 21.2. The molecule has 1 amide bonds. The van der Waals surface area contributed by atoms with Crippen LogP contribution in [-0.4, -0.2) is 41.0 Å². The highest BCUT2D eigenvalue weighted by molar-refractivity contribution is 5.90. The van der Waals surface area contributed by atoms with Crippen molar-refractivity contribution in [2.24, 2.45) is 0 Å². The third-order valence-electron chi connectivity index (χ3n) is 5.14. The van der Waals surface area contributed by atoms with Gasteiger partial charge in [0.15, 0.2) is 0 Å². The van der Waals surface area contributed by atoms with E-state index in [0.29, 0.717) is 29.9 Å². The summed E-state index contributed by atoms with van der Waals surface area (Å²) in [4.78, 5) is 34.6. The van der Waals surface area contributed by atoms with Gasteiger partial charge in [-0.15, -0.1) is 0 Å². The number of carbonyl (C=O) groups is 1. The molecule has 1 N–H and O–H groups in total. The monoisotopic (exact) mass is 401 g/mol. The van der Waals surface area contributed by atoms with Crippen molar-refractivity contribution < 1.29 is 9.53 Å². The molecular weight excluding hydrogens is 378 g/mol. The molecule has 0 aliphatic rings. The van der Waals surface area contributed by atoms with Crippen molar-refractivity contribution in [2.45, 2.75) is 13.0 Å². The first-order chi connectivity index (χ1) is 14.7. The SMILES string of the molecule is COCCN(Cc1nc2ccccc2c(=O)[nH]1)C(=O)Cc1cccc2ccccc12. The Kier molecular flexibility index (Phi) is 5.86. The average Bonchev–Trinajstić information content (AvgIpc) is 2.77. The van der Waals surface area contributed by atoms with E-state index in [1.807, 2.05) is 48.5 Å². The van der Waals surface area contributed by atoms with Gasteiger partial charge in [0.05, 0.1) is 30.5 Å². The van der Waals surface area contributed by atoms with E-state index in [4.69, 9.17) is 4.74 Å². The number of H-pyrrole nitrogens is 1. The fraction of sp³-hybridized carbons (Fsp3) is 0.208. The van der Waals surface area contributed by atoms with Gasteiger partial charge in [-0.05, 0) is 28.5 Å². The van der Waals surface area contributed by atoms with Crippen LogP contribution in [0.4, 0.5) is 0 Å². The third-order valence-corrected chi connectivity index (χ3v) is 5.14. The molecule has 0 saturated heterocycles. The minimum absolute atomic E-state index is 0.0424. The number of nitrogens with one attached hydrogen (secondary N) is 1. The largest absolute Gasteiger partial charge is 0.383 e. The Bertz CT molecular complexity index is 1240. The van der Waals surface area contributed by atoms with Gasteiger partial charge < -0.3 is 14.6 Å². The molecule has 0 fully saturated rings. The summed E-state index contributed by atoms with van der Waals surface area (Å²) in [5.41, 5.74) is 1.38. The van der Waals surface area contributed by atoms with E-state index >= 15 is 0 Å². The molecular formula is C24H23N3O3. The molecule has 30 heavy (non-hydrogen) atoms. The van der Waals surface area contributed by atoms with Crippen LogP contribution in [0.25, 0.3) is 21.7 Å². The van der Waals surface area contributed by atoms with Gasteiger partial charge in [-0.25, -0.2) is 4.98 Å². The maximum absolute atomic E-state index is 13.2. The number of hydrogen-bond donors (Lipinski definition) is 1. The summed E-state index contributed by atoms with van der Waals surface area (Å²) in [7, 11) is 1.60. The summed E-state index contributed by atoms with van der Waals surface area (Å²) in [5, 5.41) is 2.70. The third kappa shape index (κ3) is 4.23. The highest BCUT2D eigenvalue weighted by Gasteiger charge is 2.17. The summed E-state index contributed by atoms with van der Waals surface area (Å²) in [6.45, 7) is 1.03. The second kappa shape index (κ2) is 8.88. The van der Waals surface area contributed by atoms with Gasteiger partial charge in [-0.3, -0.25) is 9.59 Å². The molecule has 0 unspecified atom stereocenters. The second-order valence-electron chi connectivity index (χ2n) is 7.15. The molecule has 3 aromatic carbocycles. The molecule has 6 heteroatoms. The number of rotatable bonds is 7. The predicted molar refractivity (Wildman–Crippen MR) is 117 cm³/mol. The lowest BCUT2D eigenvalue weighted by molar-refractivity contribution is -0.131. The van der Waals surface area contributed by atoms with Gasteiger partial charge in [0.2, 0.25) is 5.91 Å². The molecule has 6 nitrogen and oxygen atoms in total. The maximum Gasteiger partial charge on any atom is 0.258 e. The van der Waals surface area contributed by atoms with Crippen LogP contribution in [0.2, 0.25) is 0 Å². The van der Waals surface area contributed by atoms with E-state index in [1.54, 1.807) is 30.2 Å². The fourth-order valence-electron chi connectivity index (χ4n) is 3.61. The van der Waals surface area contributed by atoms with Crippen LogP contribution in [0.1, 0.15) is 11.4 Å². The first-order valence-corrected chi connectivity index (χ1v) is 9.87. The van der Waals surface area contributed by atoms with Gasteiger partial charge in [0.25, 0.3) is 5.56 Å². The van der Waals surface area contributed by atoms with E-state index in [9.17, 15) is 9.59 Å². The van der Waals surface area contributed by atoms with E-state index in [0.717, 1.165) is 16.3 Å². The lowest BCUT2D eigenvalue weighted by Gasteiger charge is -2.22. The molecule has 0 atom stereocenters. The molecule has 0 spiro atoms. The number of benzene rings is 3. The van der Waals surface area contributed by atoms with Crippen molar-refractivity contribution in [3.63, 3.8) is 0 Å². The summed E-state index contributed by atoms with van der Waals surface area (Å²) < 4.78 is 5.19. The van der Waals surface area contributed by atoms with Crippen LogP contribution < -0.4 is 5.56 Å². The summed E-state index contributed by atoms with van der Waals surface area (Å²) in [5.74, 6) is 0.417. The highest BCUT2D eigenvalue weighted by atomic mass is 16.5. The Morgan fingerprint density at radius 3 is 2.57 bits per heavy atom. The fourth-order valence-corrected chi connectivity index (χ4v) is 3.61. The Hall–Kier alpha value is -3.51. The molecule has 0 bridgehead atoms. The maximum atomic E-state index is 13.2. The zero-order valence-electron chi connectivity index (χ0n) is 16.8. The summed E-state index contributed by atoms with van der Waals surface area (Å²) in [6.07, 6.45) is 0.267. The van der Waals surface area contributed by atoms with Gasteiger partial charge in [-0.1, -0.05) is 54.6 Å². The van der Waals surface area contributed by atoms with E-state index in [1.165, 1.54) is 0 Å². The Morgan fingerprint density at radius 1 is 1.00 bits per heavy atom. The van der Waals surface area contributed by atoms with Gasteiger partial charge in [-0.2, -0.15) is 0 Å². The van der Waals surface area contributed by atoms with Gasteiger partial charge in [0.1, 0.15) is 5.82 Å². The minimum atomic E-state index is -0.205. The topological polar surface area (TPSA) is 75.3 Å². The van der Waals surface area contributed by atoms with Gasteiger partial charge in [0, 0.05) is 13.7 Å². The van der Waals surface area contributed by atoms with Crippen molar-refractivity contribution in [3.8, 4) is 0 Å². The minimum Gasteiger partial charge on any atom is -0.383 e. The lowest BCUT2D eigenvalue weighted by atomic mass is 10.0. The van der Waals surface area contributed by atoms with Crippen LogP contribution in [0.5, 0.6) is 0 Å².